The lowest BCUT2D eigenvalue weighted by molar-refractivity contribution is -0.117. The molecule has 1 aromatic rings. The molecule has 0 aliphatic rings. The molecule has 6 heteroatoms. The second-order valence-electron chi connectivity index (χ2n) is 4.78. The number of nitrogens with one attached hydrogen (secondary N) is 2. The van der Waals surface area contributed by atoms with Gasteiger partial charge in [-0.05, 0) is 42.5 Å². The first-order chi connectivity index (χ1) is 10.1. The van der Waals surface area contributed by atoms with Crippen LogP contribution >= 0.6 is 11.8 Å². The van der Waals surface area contributed by atoms with Gasteiger partial charge in [-0.15, -0.1) is 0 Å². The minimum absolute atomic E-state index is 0.244. The number of benzene rings is 1. The van der Waals surface area contributed by atoms with Crippen LogP contribution in [0.4, 0.5) is 10.5 Å². The fraction of sp³-hybridized carbons (Fsp3) is 0.467. The Labute approximate surface area is 130 Å². The van der Waals surface area contributed by atoms with Gasteiger partial charge in [0, 0.05) is 5.69 Å². The number of urea groups is 1. The maximum atomic E-state index is 12.2. The van der Waals surface area contributed by atoms with E-state index in [9.17, 15) is 9.59 Å². The van der Waals surface area contributed by atoms with E-state index in [4.69, 9.17) is 5.73 Å². The van der Waals surface area contributed by atoms with Crippen molar-refractivity contribution in [3.63, 3.8) is 0 Å². The molecule has 1 aromatic carbocycles. The van der Waals surface area contributed by atoms with Gasteiger partial charge in [-0.1, -0.05) is 25.5 Å². The van der Waals surface area contributed by atoms with Crippen molar-refractivity contribution in [1.82, 2.24) is 5.32 Å². The van der Waals surface area contributed by atoms with Crippen molar-refractivity contribution >= 4 is 29.4 Å². The summed E-state index contributed by atoms with van der Waals surface area (Å²) in [7, 11) is 0. The molecule has 116 valence electrons. The number of aryl methyl sites for hydroxylation is 1. The number of carbonyl (C=O) groups excluding carboxylic acids is 2. The molecule has 0 radical (unpaired) electrons. The molecule has 0 spiro atoms. The van der Waals surface area contributed by atoms with E-state index < -0.39 is 12.1 Å². The molecular weight excluding hydrogens is 286 g/mol. The highest BCUT2D eigenvalue weighted by Crippen LogP contribution is 2.12. The molecule has 0 aromatic heterocycles. The van der Waals surface area contributed by atoms with Crippen molar-refractivity contribution in [3.8, 4) is 0 Å². The average Bonchev–Trinajstić information content (AvgIpc) is 2.45. The van der Waals surface area contributed by atoms with Gasteiger partial charge in [0.1, 0.15) is 6.04 Å². The summed E-state index contributed by atoms with van der Waals surface area (Å²) in [6.45, 7) is 2.13. The lowest BCUT2D eigenvalue weighted by Gasteiger charge is -2.17. The second kappa shape index (κ2) is 9.28. The van der Waals surface area contributed by atoms with Gasteiger partial charge in [-0.3, -0.25) is 4.79 Å². The summed E-state index contributed by atoms with van der Waals surface area (Å²) < 4.78 is 0. The molecule has 1 atom stereocenters. The Kier molecular flexibility index (Phi) is 7.68. The van der Waals surface area contributed by atoms with Gasteiger partial charge in [0.05, 0.1) is 0 Å². The number of hydrogen-bond acceptors (Lipinski definition) is 3. The van der Waals surface area contributed by atoms with Gasteiger partial charge in [0.2, 0.25) is 5.91 Å². The zero-order valence-electron chi connectivity index (χ0n) is 12.5. The van der Waals surface area contributed by atoms with E-state index in [0.29, 0.717) is 6.42 Å². The smallest absolute Gasteiger partial charge is 0.312 e. The van der Waals surface area contributed by atoms with Gasteiger partial charge in [0.25, 0.3) is 0 Å². The number of carbonyl (C=O) groups is 2. The highest BCUT2D eigenvalue weighted by Gasteiger charge is 2.19. The molecule has 3 amide bonds. The maximum absolute atomic E-state index is 12.2. The monoisotopic (exact) mass is 309 g/mol. The number of rotatable bonds is 8. The van der Waals surface area contributed by atoms with E-state index in [1.807, 2.05) is 30.5 Å². The molecule has 5 nitrogen and oxygen atoms in total. The van der Waals surface area contributed by atoms with Crippen LogP contribution in [-0.2, 0) is 11.2 Å². The molecule has 0 bridgehead atoms. The second-order valence-corrected chi connectivity index (χ2v) is 5.76. The van der Waals surface area contributed by atoms with Gasteiger partial charge in [-0.25, -0.2) is 4.79 Å². The quantitative estimate of drug-likeness (QED) is 0.689. The van der Waals surface area contributed by atoms with Crippen LogP contribution in [0.2, 0.25) is 0 Å². The molecule has 0 fully saturated rings. The topological polar surface area (TPSA) is 84.2 Å². The van der Waals surface area contributed by atoms with Crippen LogP contribution in [0.15, 0.2) is 24.3 Å². The number of hydrogen-bond donors (Lipinski definition) is 3. The lowest BCUT2D eigenvalue weighted by atomic mass is 10.1. The zero-order valence-corrected chi connectivity index (χ0v) is 13.3. The minimum atomic E-state index is -0.686. The first kappa shape index (κ1) is 17.4. The van der Waals surface area contributed by atoms with Crippen molar-refractivity contribution in [2.45, 2.75) is 32.2 Å². The van der Waals surface area contributed by atoms with Gasteiger partial charge >= 0.3 is 6.03 Å². The number of anilines is 1. The first-order valence-electron chi connectivity index (χ1n) is 7.01. The molecule has 1 unspecified atom stereocenters. The van der Waals surface area contributed by atoms with E-state index in [-0.39, 0.29) is 5.91 Å². The first-order valence-corrected chi connectivity index (χ1v) is 8.41. The van der Waals surface area contributed by atoms with Gasteiger partial charge in [0.15, 0.2) is 0 Å². The molecule has 1 rings (SSSR count). The van der Waals surface area contributed by atoms with E-state index in [1.165, 1.54) is 5.56 Å². The summed E-state index contributed by atoms with van der Waals surface area (Å²) in [5.41, 5.74) is 7.08. The summed E-state index contributed by atoms with van der Waals surface area (Å²) in [4.78, 5) is 23.1. The Morgan fingerprint density at radius 3 is 2.48 bits per heavy atom. The van der Waals surface area contributed by atoms with E-state index >= 15 is 0 Å². The summed E-state index contributed by atoms with van der Waals surface area (Å²) in [5, 5.41) is 5.29. The molecule has 0 aliphatic heterocycles. The molecule has 0 heterocycles. The van der Waals surface area contributed by atoms with Crippen LogP contribution in [0.1, 0.15) is 25.3 Å². The molecule has 0 saturated heterocycles. The Bertz CT molecular complexity index is 462. The summed E-state index contributed by atoms with van der Waals surface area (Å²) in [6.07, 6.45) is 4.61. The van der Waals surface area contributed by atoms with Crippen LogP contribution in [-0.4, -0.2) is 30.0 Å². The average molecular weight is 309 g/mol. The number of amides is 3. The van der Waals surface area contributed by atoms with Crippen LogP contribution in [0, 0.1) is 0 Å². The normalized spacial score (nSPS) is 11.7. The largest absolute Gasteiger partial charge is 0.352 e. The fourth-order valence-electron chi connectivity index (χ4n) is 1.95. The Morgan fingerprint density at radius 1 is 1.29 bits per heavy atom. The zero-order chi connectivity index (χ0) is 15.7. The van der Waals surface area contributed by atoms with E-state index in [2.05, 4.69) is 17.6 Å². The minimum Gasteiger partial charge on any atom is -0.352 e. The fourth-order valence-corrected chi connectivity index (χ4v) is 2.42. The maximum Gasteiger partial charge on any atom is 0.312 e. The highest BCUT2D eigenvalue weighted by atomic mass is 32.2. The summed E-state index contributed by atoms with van der Waals surface area (Å²) >= 11 is 1.62. The van der Waals surface area contributed by atoms with Crippen molar-refractivity contribution < 1.29 is 9.59 Å². The van der Waals surface area contributed by atoms with Gasteiger partial charge in [-0.2, -0.15) is 11.8 Å². The molecule has 0 aliphatic carbocycles. The lowest BCUT2D eigenvalue weighted by Crippen LogP contribution is -2.46. The van der Waals surface area contributed by atoms with E-state index in [1.54, 1.807) is 11.8 Å². The molecule has 4 N–H and O–H groups in total. The summed E-state index contributed by atoms with van der Waals surface area (Å²) in [5.74, 6) is 0.527. The number of nitrogens with two attached hydrogens (primary N) is 1. The molecular formula is C15H23N3O2S. The Hall–Kier alpha value is -1.69. The SMILES string of the molecule is CCCc1ccc(NC(=O)C(CCSC)NC(N)=O)cc1. The van der Waals surface area contributed by atoms with Crippen LogP contribution in [0.25, 0.3) is 0 Å². The van der Waals surface area contributed by atoms with Gasteiger partial charge < -0.3 is 16.4 Å². The molecule has 0 saturated carbocycles. The Balaban J connectivity index is 2.64. The van der Waals surface area contributed by atoms with E-state index in [0.717, 1.165) is 24.3 Å². The van der Waals surface area contributed by atoms with Crippen molar-refractivity contribution in [3.05, 3.63) is 29.8 Å². The van der Waals surface area contributed by atoms with Crippen LogP contribution in [0.5, 0.6) is 0 Å². The number of thioether (sulfide) groups is 1. The predicted molar refractivity (Wildman–Crippen MR) is 88.6 cm³/mol. The third kappa shape index (κ3) is 6.53. The third-order valence-corrected chi connectivity index (χ3v) is 3.65. The van der Waals surface area contributed by atoms with Crippen LogP contribution in [0.3, 0.4) is 0 Å². The Morgan fingerprint density at radius 2 is 1.95 bits per heavy atom. The van der Waals surface area contributed by atoms with Crippen molar-refractivity contribution in [2.24, 2.45) is 5.73 Å². The van der Waals surface area contributed by atoms with Crippen molar-refractivity contribution in [1.29, 1.82) is 0 Å². The standard InChI is InChI=1S/C15H23N3O2S/c1-3-4-11-5-7-12(8-6-11)17-14(19)13(9-10-21-2)18-15(16)20/h5-8,13H,3-4,9-10H2,1-2H3,(H,17,19)(H3,16,18,20). The highest BCUT2D eigenvalue weighted by molar-refractivity contribution is 7.98. The predicted octanol–water partition coefficient (Wildman–Crippen LogP) is 2.37. The van der Waals surface area contributed by atoms with Crippen molar-refractivity contribution in [2.75, 3.05) is 17.3 Å². The third-order valence-electron chi connectivity index (χ3n) is 3.00. The molecule has 21 heavy (non-hydrogen) atoms. The van der Waals surface area contributed by atoms with Crippen LogP contribution < -0.4 is 16.4 Å². The number of primary amides is 1. The summed E-state index contributed by atoms with van der Waals surface area (Å²) in [6, 6.07) is 6.45.